The Hall–Kier alpha value is -0.810. The summed E-state index contributed by atoms with van der Waals surface area (Å²) in [6.07, 6.45) is 11.3. The van der Waals surface area contributed by atoms with Crippen LogP contribution in [0.3, 0.4) is 0 Å². The molecule has 136 valence electrons. The summed E-state index contributed by atoms with van der Waals surface area (Å²) in [4.78, 5) is 15.1. The lowest BCUT2D eigenvalue weighted by Crippen LogP contribution is -2.53. The minimum absolute atomic E-state index is 0.00897. The summed E-state index contributed by atoms with van der Waals surface area (Å²) < 4.78 is 0. The molecule has 4 fully saturated rings. The first kappa shape index (κ1) is 16.6. The van der Waals surface area contributed by atoms with E-state index in [0.717, 1.165) is 32.0 Å². The van der Waals surface area contributed by atoms with Gasteiger partial charge in [0, 0.05) is 43.7 Å². The van der Waals surface area contributed by atoms with E-state index in [-0.39, 0.29) is 24.6 Å². The predicted molar refractivity (Wildman–Crippen MR) is 93.7 cm³/mol. The number of aliphatic hydroxyl groups excluding tert-OH is 1. The number of likely N-dealkylation sites (tertiary alicyclic amines) is 1. The standard InChI is InChI=1S/C19H33N3O2/c23-12-17-13-5-6-14(11-13)18(17)21-19(24)20-15-7-9-22(10-8-15)16-3-1-2-4-16/h13-18,23H,1-12H2,(H2,20,21,24). The molecule has 24 heavy (non-hydrogen) atoms. The molecule has 1 heterocycles. The summed E-state index contributed by atoms with van der Waals surface area (Å²) in [6.45, 7) is 2.47. The average Bonchev–Trinajstić information content (AvgIpc) is 3.33. The molecule has 5 nitrogen and oxygen atoms in total. The van der Waals surface area contributed by atoms with Crippen LogP contribution in [-0.2, 0) is 0 Å². The van der Waals surface area contributed by atoms with Crippen molar-refractivity contribution in [3.63, 3.8) is 0 Å². The molecule has 0 aromatic rings. The Morgan fingerprint density at radius 2 is 1.67 bits per heavy atom. The number of amides is 2. The van der Waals surface area contributed by atoms with Crippen molar-refractivity contribution in [1.82, 2.24) is 15.5 Å². The Labute approximate surface area is 145 Å². The second-order valence-electron chi connectivity index (χ2n) is 8.57. The van der Waals surface area contributed by atoms with Gasteiger partial charge in [-0.05, 0) is 56.8 Å². The number of nitrogens with zero attached hydrogens (tertiary/aromatic N) is 1. The largest absolute Gasteiger partial charge is 0.396 e. The molecule has 1 aliphatic heterocycles. The number of nitrogens with one attached hydrogen (secondary N) is 2. The fraction of sp³-hybridized carbons (Fsp3) is 0.947. The van der Waals surface area contributed by atoms with Crippen molar-refractivity contribution in [3.05, 3.63) is 0 Å². The zero-order valence-corrected chi connectivity index (χ0v) is 14.8. The molecule has 0 aromatic carbocycles. The maximum atomic E-state index is 12.4. The van der Waals surface area contributed by atoms with Crippen LogP contribution < -0.4 is 10.6 Å². The Kier molecular flexibility index (Phi) is 5.00. The van der Waals surface area contributed by atoms with E-state index in [1.54, 1.807) is 0 Å². The lowest BCUT2D eigenvalue weighted by molar-refractivity contribution is 0.136. The van der Waals surface area contributed by atoms with E-state index >= 15 is 0 Å². The van der Waals surface area contributed by atoms with Crippen LogP contribution in [-0.4, -0.2) is 53.9 Å². The summed E-state index contributed by atoms with van der Waals surface area (Å²) in [6, 6.07) is 1.30. The molecule has 2 bridgehead atoms. The molecule has 4 aliphatic rings. The maximum Gasteiger partial charge on any atom is 0.315 e. The SMILES string of the molecule is O=C(NC1CCN(C2CCCC2)CC1)NC1C2CCC(C2)C1CO. The number of carbonyl (C=O) groups is 1. The van der Waals surface area contributed by atoms with Gasteiger partial charge in [0.1, 0.15) is 0 Å². The number of hydrogen-bond donors (Lipinski definition) is 3. The highest BCUT2D eigenvalue weighted by Crippen LogP contribution is 2.48. The fourth-order valence-corrected chi connectivity index (χ4v) is 5.95. The number of fused-ring (bicyclic) bond motifs is 2. The van der Waals surface area contributed by atoms with Crippen molar-refractivity contribution in [2.75, 3.05) is 19.7 Å². The second kappa shape index (κ2) is 7.20. The normalized spacial score (nSPS) is 37.9. The molecule has 3 aliphatic carbocycles. The number of aliphatic hydroxyl groups is 1. The highest BCUT2D eigenvalue weighted by atomic mass is 16.3. The van der Waals surface area contributed by atoms with Crippen molar-refractivity contribution < 1.29 is 9.90 Å². The number of hydrogen-bond acceptors (Lipinski definition) is 3. The van der Waals surface area contributed by atoms with Crippen LogP contribution in [0.1, 0.15) is 57.8 Å². The van der Waals surface area contributed by atoms with Gasteiger partial charge in [-0.25, -0.2) is 4.79 Å². The molecule has 0 radical (unpaired) electrons. The van der Waals surface area contributed by atoms with Crippen LogP contribution in [0.2, 0.25) is 0 Å². The van der Waals surface area contributed by atoms with Crippen LogP contribution in [0.15, 0.2) is 0 Å². The van der Waals surface area contributed by atoms with Gasteiger partial charge < -0.3 is 20.6 Å². The topological polar surface area (TPSA) is 64.6 Å². The van der Waals surface area contributed by atoms with Crippen LogP contribution in [0.5, 0.6) is 0 Å². The molecule has 3 saturated carbocycles. The quantitative estimate of drug-likeness (QED) is 0.737. The minimum Gasteiger partial charge on any atom is -0.396 e. The predicted octanol–water partition coefficient (Wildman–Crippen LogP) is 2.10. The third-order valence-corrected chi connectivity index (χ3v) is 7.30. The minimum atomic E-state index is -0.00897. The van der Waals surface area contributed by atoms with Crippen molar-refractivity contribution in [3.8, 4) is 0 Å². The first-order chi connectivity index (χ1) is 11.7. The van der Waals surface area contributed by atoms with E-state index < -0.39 is 0 Å². The fourth-order valence-electron chi connectivity index (χ4n) is 5.95. The highest BCUT2D eigenvalue weighted by molar-refractivity contribution is 5.74. The molecule has 0 spiro atoms. The Balaban J connectivity index is 1.22. The van der Waals surface area contributed by atoms with Crippen LogP contribution in [0, 0.1) is 17.8 Å². The zero-order chi connectivity index (χ0) is 16.5. The second-order valence-corrected chi connectivity index (χ2v) is 8.57. The molecule has 2 amide bonds. The summed E-state index contributed by atoms with van der Waals surface area (Å²) in [5.74, 6) is 1.49. The number of rotatable bonds is 4. The van der Waals surface area contributed by atoms with E-state index in [0.29, 0.717) is 17.9 Å². The summed E-state index contributed by atoms with van der Waals surface area (Å²) >= 11 is 0. The molecule has 5 heteroatoms. The summed E-state index contributed by atoms with van der Waals surface area (Å²) in [5.41, 5.74) is 0. The molecular formula is C19H33N3O2. The number of piperidine rings is 1. The highest BCUT2D eigenvalue weighted by Gasteiger charge is 2.47. The smallest absolute Gasteiger partial charge is 0.315 e. The lowest BCUT2D eigenvalue weighted by Gasteiger charge is -2.37. The van der Waals surface area contributed by atoms with Crippen LogP contribution in [0.25, 0.3) is 0 Å². The summed E-state index contributed by atoms with van der Waals surface area (Å²) in [5, 5.41) is 16.1. The van der Waals surface area contributed by atoms with Gasteiger partial charge in [-0.15, -0.1) is 0 Å². The van der Waals surface area contributed by atoms with Gasteiger partial charge in [0.2, 0.25) is 0 Å². The van der Waals surface area contributed by atoms with Crippen LogP contribution >= 0.6 is 0 Å². The van der Waals surface area contributed by atoms with Gasteiger partial charge in [0.25, 0.3) is 0 Å². The first-order valence-electron chi connectivity index (χ1n) is 10.2. The van der Waals surface area contributed by atoms with E-state index in [9.17, 15) is 9.90 Å². The monoisotopic (exact) mass is 335 g/mol. The molecular weight excluding hydrogens is 302 g/mol. The Morgan fingerprint density at radius 1 is 0.958 bits per heavy atom. The molecule has 4 unspecified atom stereocenters. The molecule has 1 saturated heterocycles. The number of urea groups is 1. The van der Waals surface area contributed by atoms with Gasteiger partial charge in [-0.3, -0.25) is 0 Å². The summed E-state index contributed by atoms with van der Waals surface area (Å²) in [7, 11) is 0. The average molecular weight is 335 g/mol. The van der Waals surface area contributed by atoms with Crippen molar-refractivity contribution in [2.24, 2.45) is 17.8 Å². The van der Waals surface area contributed by atoms with Gasteiger partial charge in [0.15, 0.2) is 0 Å². The third kappa shape index (κ3) is 3.30. The van der Waals surface area contributed by atoms with E-state index in [4.69, 9.17) is 0 Å². The lowest BCUT2D eigenvalue weighted by atomic mass is 9.85. The van der Waals surface area contributed by atoms with E-state index in [2.05, 4.69) is 15.5 Å². The van der Waals surface area contributed by atoms with Crippen molar-refractivity contribution in [1.29, 1.82) is 0 Å². The van der Waals surface area contributed by atoms with Gasteiger partial charge in [0.05, 0.1) is 0 Å². The first-order valence-corrected chi connectivity index (χ1v) is 10.2. The van der Waals surface area contributed by atoms with E-state index in [1.165, 1.54) is 44.9 Å². The Morgan fingerprint density at radius 3 is 2.38 bits per heavy atom. The molecule has 0 aromatic heterocycles. The third-order valence-electron chi connectivity index (χ3n) is 7.30. The van der Waals surface area contributed by atoms with Gasteiger partial charge in [-0.2, -0.15) is 0 Å². The van der Waals surface area contributed by atoms with E-state index in [1.807, 2.05) is 0 Å². The molecule has 4 rings (SSSR count). The Bertz CT molecular complexity index is 444. The zero-order valence-electron chi connectivity index (χ0n) is 14.8. The van der Waals surface area contributed by atoms with Crippen molar-refractivity contribution in [2.45, 2.75) is 75.9 Å². The van der Waals surface area contributed by atoms with Gasteiger partial charge in [-0.1, -0.05) is 12.8 Å². The number of carbonyl (C=O) groups excluding carboxylic acids is 1. The van der Waals surface area contributed by atoms with Crippen molar-refractivity contribution >= 4 is 6.03 Å². The van der Waals surface area contributed by atoms with Gasteiger partial charge >= 0.3 is 6.03 Å². The molecule has 3 N–H and O–H groups in total. The maximum absolute atomic E-state index is 12.4. The molecule has 4 atom stereocenters. The van der Waals surface area contributed by atoms with Crippen LogP contribution in [0.4, 0.5) is 4.79 Å².